The van der Waals surface area contributed by atoms with Crippen LogP contribution in [0.25, 0.3) is 0 Å². The molecule has 0 radical (unpaired) electrons. The zero-order chi connectivity index (χ0) is 17.2. The van der Waals surface area contributed by atoms with E-state index in [9.17, 15) is 14.7 Å². The molecule has 0 bridgehead atoms. The van der Waals surface area contributed by atoms with Crippen molar-refractivity contribution in [1.29, 1.82) is 0 Å². The standard InChI is InChI=1S/C16H24ClN3O3/c1-3-20(4-2)10-9-18-14(16(22)23)11-15(21)19-13-7-5-12(17)6-8-13/h5-8,14,18H,3-4,9-11H2,1-2H3,(H,19,21)(H,22,23)/p+1/t14-/m1/s1. The molecular formula is C16H25ClN3O3+. The first-order valence-corrected chi connectivity index (χ1v) is 8.27. The molecule has 0 unspecified atom stereocenters. The van der Waals surface area contributed by atoms with Crippen LogP contribution in [0.2, 0.25) is 5.02 Å². The molecule has 0 aliphatic heterocycles. The fraction of sp³-hybridized carbons (Fsp3) is 0.500. The monoisotopic (exact) mass is 342 g/mol. The first kappa shape index (κ1) is 19.4. The maximum atomic E-state index is 12.0. The van der Waals surface area contributed by atoms with Crippen molar-refractivity contribution in [3.8, 4) is 0 Å². The highest BCUT2D eigenvalue weighted by atomic mass is 35.5. The minimum absolute atomic E-state index is 0.126. The van der Waals surface area contributed by atoms with Crippen molar-refractivity contribution in [2.24, 2.45) is 0 Å². The molecule has 0 fully saturated rings. The van der Waals surface area contributed by atoms with E-state index in [0.717, 1.165) is 19.6 Å². The second kappa shape index (κ2) is 10.2. The fourth-order valence-electron chi connectivity index (χ4n) is 2.30. The minimum Gasteiger partial charge on any atom is -0.544 e. The van der Waals surface area contributed by atoms with Gasteiger partial charge < -0.3 is 25.4 Å². The zero-order valence-corrected chi connectivity index (χ0v) is 14.4. The molecular weight excluding hydrogens is 318 g/mol. The van der Waals surface area contributed by atoms with Crippen molar-refractivity contribution < 1.29 is 24.9 Å². The first-order chi connectivity index (χ1) is 11.0. The Labute approximate surface area is 141 Å². The third-order valence-electron chi connectivity index (χ3n) is 3.79. The van der Waals surface area contributed by atoms with E-state index < -0.39 is 12.0 Å². The summed E-state index contributed by atoms with van der Waals surface area (Å²) in [7, 11) is 0. The molecule has 0 aromatic heterocycles. The van der Waals surface area contributed by atoms with Crippen LogP contribution < -0.4 is 20.6 Å². The fourth-order valence-corrected chi connectivity index (χ4v) is 2.43. The highest BCUT2D eigenvalue weighted by molar-refractivity contribution is 6.30. The predicted molar refractivity (Wildman–Crippen MR) is 87.2 cm³/mol. The summed E-state index contributed by atoms with van der Waals surface area (Å²) < 4.78 is 0. The van der Waals surface area contributed by atoms with Crippen LogP contribution in [0.4, 0.5) is 5.69 Å². The van der Waals surface area contributed by atoms with Gasteiger partial charge in [-0.3, -0.25) is 4.79 Å². The molecule has 0 spiro atoms. The Morgan fingerprint density at radius 3 is 2.39 bits per heavy atom. The summed E-state index contributed by atoms with van der Waals surface area (Å²) in [5, 5.41) is 16.1. The number of carbonyl (C=O) groups excluding carboxylic acids is 2. The number of quaternary nitrogens is 2. The average Bonchev–Trinajstić information content (AvgIpc) is 2.52. The number of likely N-dealkylation sites (N-methyl/N-ethyl adjacent to an activating group) is 1. The number of nitrogens with two attached hydrogens (primary N) is 1. The molecule has 0 saturated heterocycles. The van der Waals surface area contributed by atoms with Crippen molar-refractivity contribution in [3.05, 3.63) is 29.3 Å². The van der Waals surface area contributed by atoms with E-state index in [4.69, 9.17) is 11.6 Å². The lowest BCUT2D eigenvalue weighted by Crippen LogP contribution is -3.14. The number of aliphatic carboxylic acids is 1. The Morgan fingerprint density at radius 1 is 1.26 bits per heavy atom. The number of carbonyl (C=O) groups is 2. The summed E-state index contributed by atoms with van der Waals surface area (Å²) in [6.45, 7) is 7.68. The number of halogens is 1. The normalized spacial score (nSPS) is 12.2. The quantitative estimate of drug-likeness (QED) is 0.472. The van der Waals surface area contributed by atoms with Crippen LogP contribution in [0.15, 0.2) is 24.3 Å². The molecule has 1 rings (SSSR count). The van der Waals surface area contributed by atoms with Gasteiger partial charge in [-0.1, -0.05) is 11.6 Å². The molecule has 0 aliphatic carbocycles. The van der Waals surface area contributed by atoms with E-state index in [-0.39, 0.29) is 12.3 Å². The van der Waals surface area contributed by atoms with Gasteiger partial charge in [0.1, 0.15) is 19.1 Å². The number of hydrogen-bond donors (Lipinski definition) is 3. The summed E-state index contributed by atoms with van der Waals surface area (Å²) in [5.74, 6) is -1.57. The Balaban J connectivity index is 2.46. The number of carboxylic acids is 1. The number of benzene rings is 1. The summed E-state index contributed by atoms with van der Waals surface area (Å²) in [6, 6.07) is 5.78. The molecule has 4 N–H and O–H groups in total. The molecule has 23 heavy (non-hydrogen) atoms. The van der Waals surface area contributed by atoms with Crippen molar-refractivity contribution in [2.45, 2.75) is 26.3 Å². The van der Waals surface area contributed by atoms with Gasteiger partial charge in [-0.05, 0) is 38.1 Å². The largest absolute Gasteiger partial charge is 0.544 e. The maximum absolute atomic E-state index is 12.0. The summed E-state index contributed by atoms with van der Waals surface area (Å²) >= 11 is 5.78. The summed E-state index contributed by atoms with van der Waals surface area (Å²) in [6.07, 6.45) is -0.126. The van der Waals surface area contributed by atoms with E-state index in [1.807, 2.05) is 0 Å². The summed E-state index contributed by atoms with van der Waals surface area (Å²) in [5.41, 5.74) is 0.587. The smallest absolute Gasteiger partial charge is 0.230 e. The molecule has 1 atom stereocenters. The lowest BCUT2D eigenvalue weighted by Gasteiger charge is -2.19. The second-order valence-electron chi connectivity index (χ2n) is 5.42. The first-order valence-electron chi connectivity index (χ1n) is 7.89. The van der Waals surface area contributed by atoms with Crippen LogP contribution in [0.3, 0.4) is 0 Å². The van der Waals surface area contributed by atoms with E-state index in [2.05, 4.69) is 19.2 Å². The Hall–Kier alpha value is -1.63. The van der Waals surface area contributed by atoms with E-state index in [1.54, 1.807) is 29.6 Å². The van der Waals surface area contributed by atoms with E-state index in [1.165, 1.54) is 4.90 Å². The van der Waals surface area contributed by atoms with Crippen LogP contribution in [-0.2, 0) is 9.59 Å². The Morgan fingerprint density at radius 2 is 1.87 bits per heavy atom. The van der Waals surface area contributed by atoms with Gasteiger partial charge in [0.15, 0.2) is 0 Å². The predicted octanol–water partition coefficient (Wildman–Crippen LogP) is -1.72. The van der Waals surface area contributed by atoms with Crippen molar-refractivity contribution in [1.82, 2.24) is 0 Å². The van der Waals surface area contributed by atoms with Gasteiger partial charge in [0.05, 0.1) is 25.5 Å². The zero-order valence-electron chi connectivity index (χ0n) is 13.6. The van der Waals surface area contributed by atoms with Crippen LogP contribution in [0.5, 0.6) is 0 Å². The van der Waals surface area contributed by atoms with Gasteiger partial charge in [-0.25, -0.2) is 0 Å². The minimum atomic E-state index is -1.22. The molecule has 1 aromatic carbocycles. The van der Waals surface area contributed by atoms with Crippen molar-refractivity contribution in [3.63, 3.8) is 0 Å². The Kier molecular flexibility index (Phi) is 8.61. The average molecular weight is 343 g/mol. The van der Waals surface area contributed by atoms with Crippen LogP contribution in [-0.4, -0.2) is 44.1 Å². The SMILES string of the molecule is CC[NH+](CC)CC[NH2+][C@H](CC(=O)Nc1ccc(Cl)cc1)C(=O)[O-]. The lowest BCUT2D eigenvalue weighted by atomic mass is 10.2. The molecule has 7 heteroatoms. The molecule has 1 amide bonds. The van der Waals surface area contributed by atoms with Gasteiger partial charge in [0.25, 0.3) is 0 Å². The molecule has 1 aromatic rings. The van der Waals surface area contributed by atoms with Gasteiger partial charge in [-0.2, -0.15) is 0 Å². The number of carboxylic acid groups (broad SMARTS) is 1. The Bertz CT molecular complexity index is 504. The number of hydrogen-bond acceptors (Lipinski definition) is 3. The molecule has 128 valence electrons. The van der Waals surface area contributed by atoms with Gasteiger partial charge >= 0.3 is 0 Å². The highest BCUT2D eigenvalue weighted by Gasteiger charge is 2.19. The third-order valence-corrected chi connectivity index (χ3v) is 4.04. The molecule has 0 saturated carbocycles. The van der Waals surface area contributed by atoms with Gasteiger partial charge in [-0.15, -0.1) is 0 Å². The number of nitrogens with one attached hydrogen (secondary N) is 2. The lowest BCUT2D eigenvalue weighted by molar-refractivity contribution is -0.910. The number of anilines is 1. The van der Waals surface area contributed by atoms with Crippen LogP contribution >= 0.6 is 11.6 Å². The number of rotatable bonds is 10. The van der Waals surface area contributed by atoms with Crippen molar-refractivity contribution >= 4 is 29.2 Å². The maximum Gasteiger partial charge on any atom is 0.230 e. The van der Waals surface area contributed by atoms with Crippen LogP contribution in [0.1, 0.15) is 20.3 Å². The van der Waals surface area contributed by atoms with Crippen LogP contribution in [0, 0.1) is 0 Å². The summed E-state index contributed by atoms with van der Waals surface area (Å²) in [4.78, 5) is 24.6. The molecule has 6 nitrogen and oxygen atoms in total. The third kappa shape index (κ3) is 7.45. The number of amides is 1. The molecule has 0 heterocycles. The van der Waals surface area contributed by atoms with Gasteiger partial charge in [0.2, 0.25) is 5.91 Å². The highest BCUT2D eigenvalue weighted by Crippen LogP contribution is 2.13. The second-order valence-corrected chi connectivity index (χ2v) is 5.85. The van der Waals surface area contributed by atoms with Gasteiger partial charge in [0, 0.05) is 10.7 Å². The topological polar surface area (TPSA) is 90.3 Å². The van der Waals surface area contributed by atoms with E-state index in [0.29, 0.717) is 17.3 Å². The van der Waals surface area contributed by atoms with Crippen molar-refractivity contribution in [2.75, 3.05) is 31.5 Å². The van der Waals surface area contributed by atoms with E-state index >= 15 is 0 Å². The molecule has 0 aliphatic rings.